The number of anilines is 1. The predicted molar refractivity (Wildman–Crippen MR) is 134 cm³/mol. The molecule has 9 nitrogen and oxygen atoms in total. The van der Waals surface area contributed by atoms with Crippen LogP contribution in [0.5, 0.6) is 11.5 Å². The van der Waals surface area contributed by atoms with Gasteiger partial charge in [-0.05, 0) is 68.5 Å². The minimum absolute atomic E-state index is 0. The Balaban J connectivity index is -0.00000306. The molecular weight excluding hydrogens is 528 g/mol. The molecular formula is C23H35NNa2O8S2. The largest absolute Gasteiger partial charge is 1.00 e. The van der Waals surface area contributed by atoms with Gasteiger partial charge in [0.15, 0.2) is 11.5 Å². The molecule has 36 heavy (non-hydrogen) atoms. The third-order valence-corrected chi connectivity index (χ3v) is 7.52. The summed E-state index contributed by atoms with van der Waals surface area (Å²) in [7, 11) is -9.05. The summed E-state index contributed by atoms with van der Waals surface area (Å²) in [4.78, 5) is 2.22. The maximum absolute atomic E-state index is 11.7. The van der Waals surface area contributed by atoms with Gasteiger partial charge in [0.1, 0.15) is 0 Å². The Labute approximate surface area is 262 Å². The van der Waals surface area contributed by atoms with Crippen LogP contribution in [0.25, 0.3) is 0 Å². The molecule has 0 aliphatic rings. The first-order valence-electron chi connectivity index (χ1n) is 11.2. The summed E-state index contributed by atoms with van der Waals surface area (Å²) in [6.07, 6.45) is 0.395. The molecule has 0 bridgehead atoms. The molecule has 2 N–H and O–H groups in total. The third-order valence-electron chi connectivity index (χ3n) is 5.33. The second-order valence-corrected chi connectivity index (χ2v) is 10.8. The van der Waals surface area contributed by atoms with Crippen LogP contribution in [0, 0.1) is 0 Å². The normalized spacial score (nSPS) is 13.1. The van der Waals surface area contributed by atoms with E-state index >= 15 is 0 Å². The van der Waals surface area contributed by atoms with Gasteiger partial charge in [-0.1, -0.05) is 32.0 Å². The van der Waals surface area contributed by atoms with Crippen LogP contribution in [0.4, 0.5) is 5.69 Å². The van der Waals surface area contributed by atoms with Crippen molar-refractivity contribution in [2.24, 2.45) is 0 Å². The number of hydrogen-bond donors (Lipinski definition) is 2. The Morgan fingerprint density at radius 3 is 1.61 bits per heavy atom. The van der Waals surface area contributed by atoms with Gasteiger partial charge in [0.2, 0.25) is 10.9 Å². The molecule has 0 spiro atoms. The van der Waals surface area contributed by atoms with E-state index < -0.39 is 31.1 Å². The topological polar surface area (TPSA) is 130 Å². The molecule has 0 aromatic heterocycles. The summed E-state index contributed by atoms with van der Waals surface area (Å²) < 4.78 is 76.4. The van der Waals surface area contributed by atoms with Crippen molar-refractivity contribution in [3.05, 3.63) is 53.6 Å². The monoisotopic (exact) mass is 563 g/mol. The van der Waals surface area contributed by atoms with Crippen molar-refractivity contribution < 1.29 is 97.4 Å². The Morgan fingerprint density at radius 2 is 1.19 bits per heavy atom. The van der Waals surface area contributed by atoms with Gasteiger partial charge in [-0.15, -0.1) is 0 Å². The van der Waals surface area contributed by atoms with Crippen molar-refractivity contribution >= 4 is 25.9 Å². The van der Waals surface area contributed by atoms with Crippen LogP contribution >= 0.6 is 0 Å². The third kappa shape index (κ3) is 10.4. The van der Waals surface area contributed by atoms with Crippen LogP contribution in [-0.4, -0.2) is 49.9 Å². The average Bonchev–Trinajstić information content (AvgIpc) is 2.77. The van der Waals surface area contributed by atoms with E-state index in [1.54, 1.807) is 6.07 Å². The van der Waals surface area contributed by atoms with Gasteiger partial charge in [0.05, 0.1) is 0 Å². The quantitative estimate of drug-likeness (QED) is 0.218. The predicted octanol–water partition coefficient (Wildman–Crippen LogP) is -1.64. The zero-order chi connectivity index (χ0) is 25.5. The van der Waals surface area contributed by atoms with E-state index in [1.807, 2.05) is 24.3 Å². The molecule has 2 aromatic carbocycles. The molecule has 0 heterocycles. The molecule has 0 fully saturated rings. The minimum atomic E-state index is -4.53. The van der Waals surface area contributed by atoms with Gasteiger partial charge < -0.3 is 17.2 Å². The number of rotatable bonds is 13. The maximum atomic E-state index is 11.7. The number of benzene rings is 2. The van der Waals surface area contributed by atoms with Crippen molar-refractivity contribution in [2.75, 3.05) is 18.0 Å². The van der Waals surface area contributed by atoms with Gasteiger partial charge >= 0.3 is 79.4 Å². The van der Waals surface area contributed by atoms with Crippen LogP contribution in [0.3, 0.4) is 0 Å². The van der Waals surface area contributed by atoms with Crippen molar-refractivity contribution in [1.29, 1.82) is 0 Å². The molecule has 0 saturated carbocycles. The maximum Gasteiger partial charge on any atom is 1.00 e. The second kappa shape index (κ2) is 15.9. The second-order valence-electron chi connectivity index (χ2n) is 7.74. The van der Waals surface area contributed by atoms with Crippen molar-refractivity contribution in [3.63, 3.8) is 0 Å². The van der Waals surface area contributed by atoms with Gasteiger partial charge in [0.25, 0.3) is 0 Å². The van der Waals surface area contributed by atoms with Gasteiger partial charge in [-0.25, -0.2) is 0 Å². The fraction of sp³-hybridized carbons (Fsp3) is 0.478. The Bertz CT molecular complexity index is 1170. The molecule has 194 valence electrons. The van der Waals surface area contributed by atoms with Gasteiger partial charge in [0, 0.05) is 18.8 Å². The summed E-state index contributed by atoms with van der Waals surface area (Å²) in [6.45, 7) is 9.00. The molecule has 0 amide bonds. The van der Waals surface area contributed by atoms with E-state index in [4.69, 9.17) is 9.47 Å². The summed E-state index contributed by atoms with van der Waals surface area (Å²) in [5.74, 6) is -0.115. The average molecular weight is 564 g/mol. The van der Waals surface area contributed by atoms with E-state index in [0.29, 0.717) is 6.42 Å². The smallest absolute Gasteiger partial charge is 1.00 e. The van der Waals surface area contributed by atoms with E-state index in [9.17, 15) is 25.9 Å². The summed E-state index contributed by atoms with van der Waals surface area (Å²) >= 11 is 0. The number of nitrogens with zero attached hydrogens (tertiary/aromatic N) is 1. The van der Waals surface area contributed by atoms with Crippen molar-refractivity contribution in [1.82, 2.24) is 0 Å². The first-order chi connectivity index (χ1) is 15.9. The zero-order valence-corrected chi connectivity index (χ0v) is 27.5. The molecule has 2 unspecified atom stereocenters. The zero-order valence-electron chi connectivity index (χ0n) is 23.8. The Hall–Kier alpha value is -0.340. The first kappa shape index (κ1) is 35.7. The van der Waals surface area contributed by atoms with Gasteiger partial charge in [-0.2, -0.15) is 16.8 Å². The fourth-order valence-electron chi connectivity index (χ4n) is 3.49. The summed E-state index contributed by atoms with van der Waals surface area (Å²) in [6, 6.07) is 12.7. The van der Waals surface area contributed by atoms with E-state index in [0.717, 1.165) is 29.9 Å². The van der Waals surface area contributed by atoms with Crippen molar-refractivity contribution in [2.45, 2.75) is 57.8 Å². The molecule has 0 aliphatic carbocycles. The van der Waals surface area contributed by atoms with Crippen molar-refractivity contribution in [3.8, 4) is 11.5 Å². The SMILES string of the molecule is CCC(Oc1ccc(Cc2ccc(N(CC)CC)cc2)cc1OC(CC)S(=O)(=O)O)S(=O)(=O)O.[H-].[H-].[Na+].[Na+]. The molecule has 2 rings (SSSR count). The molecule has 2 atom stereocenters. The number of ether oxygens (including phenoxy) is 2. The van der Waals surface area contributed by atoms with Gasteiger partial charge in [-0.3, -0.25) is 9.11 Å². The van der Waals surface area contributed by atoms with Crippen LogP contribution in [0.15, 0.2) is 42.5 Å². The van der Waals surface area contributed by atoms with E-state index in [1.165, 1.54) is 26.0 Å². The number of hydrogen-bond acceptors (Lipinski definition) is 7. The molecule has 13 heteroatoms. The van der Waals surface area contributed by atoms with E-state index in [2.05, 4.69) is 18.7 Å². The molecule has 0 saturated heterocycles. The Morgan fingerprint density at radius 1 is 0.750 bits per heavy atom. The van der Waals surface area contributed by atoms with Crippen LogP contribution < -0.4 is 73.5 Å². The van der Waals surface area contributed by atoms with Crippen LogP contribution in [0.2, 0.25) is 0 Å². The molecule has 0 radical (unpaired) electrons. The first-order valence-corrected chi connectivity index (χ1v) is 14.2. The minimum Gasteiger partial charge on any atom is -1.00 e. The van der Waals surface area contributed by atoms with Crippen LogP contribution in [-0.2, 0) is 26.7 Å². The summed E-state index contributed by atoms with van der Waals surface area (Å²) in [5.41, 5.74) is -0.260. The molecule has 0 aliphatic heterocycles. The van der Waals surface area contributed by atoms with Crippen LogP contribution in [0.1, 0.15) is 54.5 Å². The standard InChI is InChI=1S/C23H33NO8S2.2Na.2H/c1-5-22(33(25,26)27)31-20-14-11-18(16-21(20)32-23(6-2)34(28,29)30)15-17-9-12-19(13-10-17)24(7-3)8-4;;;;/h9-14,16,22-23H,5-8,15H2,1-4H3,(H,25,26,27)(H,28,29,30);;;;/q;2*+1;2*-1. The van der Waals surface area contributed by atoms with E-state index in [-0.39, 0.29) is 86.3 Å². The fourth-order valence-corrected chi connectivity index (χ4v) is 4.79. The summed E-state index contributed by atoms with van der Waals surface area (Å²) in [5, 5.41) is 0. The Kier molecular flexibility index (Phi) is 15.8. The molecule has 2 aromatic rings.